The number of hydrogen-bond acceptors (Lipinski definition) is 6. The first-order valence-electron chi connectivity index (χ1n) is 15.2. The predicted octanol–water partition coefficient (Wildman–Crippen LogP) is 9.05. The first-order valence-corrected chi connectivity index (χ1v) is 15.2. The van der Waals surface area contributed by atoms with Gasteiger partial charge in [-0.15, -0.1) is 0 Å². The van der Waals surface area contributed by atoms with Gasteiger partial charge in [-0.1, -0.05) is 129 Å². The largest absolute Gasteiger partial charge is 0.368 e. The number of rotatable bonds is 23. The zero-order valence-corrected chi connectivity index (χ0v) is 25.4. The van der Waals surface area contributed by atoms with Crippen molar-refractivity contribution in [3.63, 3.8) is 0 Å². The molecule has 0 aromatic carbocycles. The van der Waals surface area contributed by atoms with Gasteiger partial charge in [-0.2, -0.15) is 10.2 Å². The Morgan fingerprint density at radius 1 is 0.667 bits per heavy atom. The summed E-state index contributed by atoms with van der Waals surface area (Å²) >= 11 is 0. The lowest BCUT2D eigenvalue weighted by atomic mass is 10.1. The van der Waals surface area contributed by atoms with E-state index in [-0.39, 0.29) is 5.78 Å². The van der Waals surface area contributed by atoms with E-state index in [9.17, 15) is 9.90 Å². The van der Waals surface area contributed by atoms with E-state index >= 15 is 0 Å². The van der Waals surface area contributed by atoms with Crippen LogP contribution in [-0.4, -0.2) is 29.7 Å². The van der Waals surface area contributed by atoms with Crippen LogP contribution in [0.1, 0.15) is 170 Å². The molecule has 6 nitrogen and oxygen atoms in total. The number of Topliss-reactive ketones (excluding diaryl/α,β-unsaturated/α-hetero) is 1. The van der Waals surface area contributed by atoms with E-state index < -0.39 is 5.72 Å². The molecule has 0 aliphatic heterocycles. The molecule has 6 heteroatoms. The van der Waals surface area contributed by atoms with E-state index in [1.54, 1.807) is 13.8 Å². The van der Waals surface area contributed by atoms with E-state index in [1.165, 1.54) is 136 Å². The van der Waals surface area contributed by atoms with Crippen LogP contribution in [0.25, 0.3) is 0 Å². The van der Waals surface area contributed by atoms with Gasteiger partial charge in [0.2, 0.25) is 0 Å². The molecule has 0 unspecified atom stereocenters. The Morgan fingerprint density at radius 2 is 0.972 bits per heavy atom. The number of nitrogens with two attached hydrogens (primary N) is 1. The first kappa shape index (κ1) is 39.7. The third-order valence-corrected chi connectivity index (χ3v) is 5.60. The fraction of sp³-hybridized carbons (Fsp3) is 0.967. The Kier molecular flexibility index (Phi) is 37.6. The quantitative estimate of drug-likeness (QED) is 0.0547. The molecular weight excluding hydrogens is 448 g/mol. The lowest BCUT2D eigenvalue weighted by Crippen LogP contribution is -2.22. The van der Waals surface area contributed by atoms with Crippen molar-refractivity contribution >= 4 is 5.78 Å². The number of nitrogens with zero attached hydrogens (tertiary/aromatic N) is 2. The molecule has 0 aliphatic carbocycles. The minimum absolute atomic E-state index is 0.167. The summed E-state index contributed by atoms with van der Waals surface area (Å²) in [7, 11) is 0. The summed E-state index contributed by atoms with van der Waals surface area (Å²) in [6.45, 7) is 12.6. The number of hydrogen-bond donors (Lipinski definition) is 3. The minimum Gasteiger partial charge on any atom is -0.368 e. The summed E-state index contributed by atoms with van der Waals surface area (Å²) in [5.41, 5.74) is 1.69. The summed E-state index contributed by atoms with van der Waals surface area (Å²) in [4.78, 5) is 9.44. The second kappa shape index (κ2) is 34.1. The molecule has 0 saturated carbocycles. The number of ketones is 1. The van der Waals surface area contributed by atoms with Crippen LogP contribution in [-0.2, 0) is 4.79 Å². The van der Waals surface area contributed by atoms with Crippen LogP contribution in [0.2, 0.25) is 0 Å². The standard InChI is InChI=1S/C15H32N2O.C12H28N2.C3H6O/c1-4-5-6-7-8-9-10-11-12-13-14-16-17-15(2,3)18;1-2-3-4-5-6-7-8-9-10-11-12-14-13;1-3(2)4/h18H,4-14H2,1-3H3;14H,2-13H2,1H3;1-2H3/b17-16+;;. The molecule has 0 spiro atoms. The molecule has 0 fully saturated rings. The topological polar surface area (TPSA) is 100 Å². The van der Waals surface area contributed by atoms with Crippen LogP contribution < -0.4 is 11.3 Å². The van der Waals surface area contributed by atoms with E-state index in [4.69, 9.17) is 5.84 Å². The van der Waals surface area contributed by atoms with Gasteiger partial charge in [0.25, 0.3) is 0 Å². The molecule has 0 rings (SSSR count). The predicted molar refractivity (Wildman–Crippen MR) is 158 cm³/mol. The van der Waals surface area contributed by atoms with Crippen LogP contribution in [0.5, 0.6) is 0 Å². The molecule has 0 aromatic heterocycles. The summed E-state index contributed by atoms with van der Waals surface area (Å²) in [6, 6.07) is 0. The van der Waals surface area contributed by atoms with Crippen molar-refractivity contribution in [3.8, 4) is 0 Å². The maximum absolute atomic E-state index is 9.44. The summed E-state index contributed by atoms with van der Waals surface area (Å²) in [6.07, 6.45) is 27.2. The maximum atomic E-state index is 9.44. The third kappa shape index (κ3) is 54.2. The Bertz CT molecular complexity index is 421. The van der Waals surface area contributed by atoms with Gasteiger partial charge in [-0.25, -0.2) is 0 Å². The number of carbonyl (C=O) groups is 1. The number of azo groups is 1. The lowest BCUT2D eigenvalue weighted by molar-refractivity contribution is -0.115. The van der Waals surface area contributed by atoms with Crippen LogP contribution in [0.3, 0.4) is 0 Å². The van der Waals surface area contributed by atoms with E-state index in [1.807, 2.05) is 0 Å². The molecule has 0 aliphatic rings. The Morgan fingerprint density at radius 3 is 1.28 bits per heavy atom. The molecule has 0 aromatic rings. The molecule has 0 atom stereocenters. The van der Waals surface area contributed by atoms with Crippen molar-refractivity contribution in [2.24, 2.45) is 16.1 Å². The fourth-order valence-electron chi connectivity index (χ4n) is 3.61. The summed E-state index contributed by atoms with van der Waals surface area (Å²) in [5, 5.41) is 17.1. The molecule has 0 saturated heterocycles. The normalized spacial score (nSPS) is 11.1. The second-order valence-electron chi connectivity index (χ2n) is 10.7. The number of unbranched alkanes of at least 4 members (excludes halogenated alkanes) is 18. The highest BCUT2D eigenvalue weighted by Gasteiger charge is 2.07. The summed E-state index contributed by atoms with van der Waals surface area (Å²) < 4.78 is 0. The van der Waals surface area contributed by atoms with Crippen molar-refractivity contribution in [1.29, 1.82) is 0 Å². The summed E-state index contributed by atoms with van der Waals surface area (Å²) in [5.74, 6) is 5.35. The van der Waals surface area contributed by atoms with Crippen molar-refractivity contribution in [3.05, 3.63) is 0 Å². The monoisotopic (exact) mass is 515 g/mol. The molecule has 0 radical (unpaired) electrons. The van der Waals surface area contributed by atoms with E-state index in [0.29, 0.717) is 0 Å². The first-order chi connectivity index (χ1) is 17.2. The molecule has 4 N–H and O–H groups in total. The number of nitrogens with one attached hydrogen (secondary N) is 1. The average molecular weight is 515 g/mol. The molecule has 0 bridgehead atoms. The van der Waals surface area contributed by atoms with E-state index in [0.717, 1.165) is 19.5 Å². The number of aliphatic hydroxyl groups is 1. The highest BCUT2D eigenvalue weighted by atomic mass is 16.3. The molecule has 36 heavy (non-hydrogen) atoms. The van der Waals surface area contributed by atoms with Crippen LogP contribution in [0.15, 0.2) is 10.2 Å². The van der Waals surface area contributed by atoms with Crippen LogP contribution in [0, 0.1) is 0 Å². The third-order valence-electron chi connectivity index (χ3n) is 5.60. The van der Waals surface area contributed by atoms with Crippen LogP contribution in [0.4, 0.5) is 0 Å². The van der Waals surface area contributed by atoms with Gasteiger partial charge in [0.1, 0.15) is 5.78 Å². The van der Waals surface area contributed by atoms with Crippen molar-refractivity contribution in [1.82, 2.24) is 5.43 Å². The minimum atomic E-state index is -1.00. The van der Waals surface area contributed by atoms with Gasteiger partial charge < -0.3 is 9.90 Å². The van der Waals surface area contributed by atoms with E-state index in [2.05, 4.69) is 29.5 Å². The van der Waals surface area contributed by atoms with Gasteiger partial charge in [-0.05, 0) is 40.5 Å². The molecule has 218 valence electrons. The average Bonchev–Trinajstić information content (AvgIpc) is 2.80. The smallest absolute Gasteiger partial charge is 0.170 e. The van der Waals surface area contributed by atoms with Crippen LogP contribution >= 0.6 is 0 Å². The Balaban J connectivity index is -0.000000538. The SMILES string of the molecule is CC(C)=O.CCCCCCCCCCCC/N=N/C(C)(C)O.CCCCCCCCCCCCNN. The lowest BCUT2D eigenvalue weighted by Gasteiger charge is -2.07. The van der Waals surface area contributed by atoms with Gasteiger partial charge in [0.05, 0.1) is 6.54 Å². The van der Waals surface area contributed by atoms with Gasteiger partial charge in [-0.3, -0.25) is 11.3 Å². The van der Waals surface area contributed by atoms with Gasteiger partial charge in [0.15, 0.2) is 5.72 Å². The second-order valence-corrected chi connectivity index (χ2v) is 10.7. The molecular formula is C30H66N4O2. The Hall–Kier alpha value is -0.850. The number of carbonyl (C=O) groups excluding carboxylic acids is 1. The maximum Gasteiger partial charge on any atom is 0.170 e. The fourth-order valence-corrected chi connectivity index (χ4v) is 3.61. The molecule has 0 amide bonds. The number of hydrazine groups is 1. The van der Waals surface area contributed by atoms with Gasteiger partial charge >= 0.3 is 0 Å². The van der Waals surface area contributed by atoms with Gasteiger partial charge in [0, 0.05) is 6.54 Å². The van der Waals surface area contributed by atoms with Crippen molar-refractivity contribution in [2.45, 2.75) is 176 Å². The zero-order chi connectivity index (χ0) is 27.8. The molecule has 0 heterocycles. The highest BCUT2D eigenvalue weighted by Crippen LogP contribution is 2.11. The van der Waals surface area contributed by atoms with Crippen molar-refractivity contribution < 1.29 is 9.90 Å². The van der Waals surface area contributed by atoms with Crippen molar-refractivity contribution in [2.75, 3.05) is 13.1 Å². The Labute approximate surface area is 226 Å². The zero-order valence-electron chi connectivity index (χ0n) is 25.4. The highest BCUT2D eigenvalue weighted by molar-refractivity contribution is 5.72.